The summed E-state index contributed by atoms with van der Waals surface area (Å²) >= 11 is 0. The molecule has 0 fully saturated rings. The zero-order chi connectivity index (χ0) is 32.6. The lowest BCUT2D eigenvalue weighted by Gasteiger charge is -2.39. The summed E-state index contributed by atoms with van der Waals surface area (Å²) in [6.07, 6.45) is 29.5. The molecule has 1 aromatic rings. The minimum Gasteiger partial charge on any atom is -0.872 e. The minimum atomic E-state index is -1.18. The molecule has 7 nitrogen and oxygen atoms in total. The molecule has 44 heavy (non-hydrogen) atoms. The van der Waals surface area contributed by atoms with Crippen molar-refractivity contribution in [2.75, 3.05) is 46.0 Å². The van der Waals surface area contributed by atoms with Crippen LogP contribution in [-0.2, 0) is 0 Å². The lowest BCUT2D eigenvalue weighted by atomic mass is 10.1. The SMILES string of the molecule is CCCCCCCC/C=C\CCCCCCCC[N+](CCCCO)(CCCCO)CCCCO.O=C(O)c1ccccc1[O-]. The molecule has 0 saturated carbocycles. The highest BCUT2D eigenvalue weighted by Gasteiger charge is 2.25. The Hall–Kier alpha value is -1.93. The van der Waals surface area contributed by atoms with E-state index in [9.17, 15) is 25.2 Å². The van der Waals surface area contributed by atoms with Crippen LogP contribution in [0.2, 0.25) is 0 Å². The molecule has 4 N–H and O–H groups in total. The largest absolute Gasteiger partial charge is 0.872 e. The first-order valence-corrected chi connectivity index (χ1v) is 17.8. The molecule has 0 aliphatic carbocycles. The van der Waals surface area contributed by atoms with Gasteiger partial charge in [-0.3, -0.25) is 0 Å². The number of allylic oxidation sites excluding steroid dienone is 2. The number of aliphatic hydroxyl groups excluding tert-OH is 3. The van der Waals surface area contributed by atoms with E-state index >= 15 is 0 Å². The van der Waals surface area contributed by atoms with Crippen molar-refractivity contribution in [2.45, 2.75) is 135 Å². The highest BCUT2D eigenvalue weighted by Crippen LogP contribution is 2.18. The monoisotopic (exact) mass is 621 g/mol. The number of quaternary nitrogens is 1. The van der Waals surface area contributed by atoms with Crippen LogP contribution in [0.25, 0.3) is 0 Å². The molecule has 256 valence electrons. The average molecular weight is 622 g/mol. The molecule has 0 unspecified atom stereocenters. The van der Waals surface area contributed by atoms with Crippen molar-refractivity contribution >= 4 is 5.97 Å². The number of unbranched alkanes of at least 4 members (excludes halogenated alkanes) is 15. The van der Waals surface area contributed by atoms with E-state index < -0.39 is 11.7 Å². The fourth-order valence-electron chi connectivity index (χ4n) is 5.69. The number of carboxylic acid groups (broad SMARTS) is 1. The summed E-state index contributed by atoms with van der Waals surface area (Å²) in [6, 6.07) is 5.54. The van der Waals surface area contributed by atoms with Gasteiger partial charge in [0.05, 0.1) is 31.7 Å². The predicted molar refractivity (Wildman–Crippen MR) is 181 cm³/mol. The Bertz CT molecular complexity index is 773. The molecule has 0 aliphatic heterocycles. The molecule has 0 bridgehead atoms. The van der Waals surface area contributed by atoms with Crippen molar-refractivity contribution in [3.8, 4) is 5.75 Å². The Morgan fingerprint density at radius 1 is 0.614 bits per heavy atom. The number of carboxylic acids is 1. The summed E-state index contributed by atoms with van der Waals surface area (Å²) in [4.78, 5) is 10.2. The molecule has 0 amide bonds. The van der Waals surface area contributed by atoms with Crippen LogP contribution in [0.1, 0.15) is 146 Å². The number of carbonyl (C=O) groups is 1. The van der Waals surface area contributed by atoms with Gasteiger partial charge in [-0.15, -0.1) is 0 Å². The smallest absolute Gasteiger partial charge is 0.335 e. The zero-order valence-electron chi connectivity index (χ0n) is 28.1. The van der Waals surface area contributed by atoms with Gasteiger partial charge >= 0.3 is 5.97 Å². The van der Waals surface area contributed by atoms with Gasteiger partial charge in [-0.1, -0.05) is 94.4 Å². The van der Waals surface area contributed by atoms with Crippen LogP contribution in [0.5, 0.6) is 5.75 Å². The summed E-state index contributed by atoms with van der Waals surface area (Å²) < 4.78 is 1.11. The first kappa shape index (κ1) is 42.1. The average Bonchev–Trinajstić information content (AvgIpc) is 3.01. The quantitative estimate of drug-likeness (QED) is 0.0415. The van der Waals surface area contributed by atoms with Crippen LogP contribution in [0, 0.1) is 0 Å². The summed E-state index contributed by atoms with van der Waals surface area (Å²) in [5.74, 6) is -1.62. The molecule has 0 spiro atoms. The number of hydrogen-bond donors (Lipinski definition) is 4. The number of nitrogens with zero attached hydrogens (tertiary/aromatic N) is 1. The van der Waals surface area contributed by atoms with Crippen molar-refractivity contribution in [3.05, 3.63) is 42.0 Å². The third-order valence-electron chi connectivity index (χ3n) is 8.38. The highest BCUT2D eigenvalue weighted by molar-refractivity contribution is 5.90. The Labute approximate surface area is 269 Å². The third kappa shape index (κ3) is 24.4. The fraction of sp³-hybridized carbons (Fsp3) is 0.757. The molecule has 7 heteroatoms. The zero-order valence-corrected chi connectivity index (χ0v) is 28.1. The van der Waals surface area contributed by atoms with Gasteiger partial charge in [-0.2, -0.15) is 0 Å². The van der Waals surface area contributed by atoms with Crippen LogP contribution in [0.3, 0.4) is 0 Å². The molecule has 0 heterocycles. The number of rotatable bonds is 29. The molecule has 1 aromatic carbocycles. The van der Waals surface area contributed by atoms with Crippen LogP contribution < -0.4 is 5.11 Å². The molecule has 1 rings (SSSR count). The van der Waals surface area contributed by atoms with E-state index in [4.69, 9.17) is 5.11 Å². The van der Waals surface area contributed by atoms with E-state index in [0.29, 0.717) is 0 Å². The number of aromatic carboxylic acids is 1. The Kier molecular flexibility index (Phi) is 29.7. The van der Waals surface area contributed by atoms with Crippen LogP contribution >= 0.6 is 0 Å². The first-order chi connectivity index (χ1) is 21.5. The maximum Gasteiger partial charge on any atom is 0.335 e. The van der Waals surface area contributed by atoms with Gasteiger partial charge in [-0.05, 0) is 83.1 Å². The summed E-state index contributed by atoms with van der Waals surface area (Å²) in [6.45, 7) is 7.71. The molecular weight excluding hydrogens is 554 g/mol. The van der Waals surface area contributed by atoms with Gasteiger partial charge in [0.15, 0.2) is 0 Å². The highest BCUT2D eigenvalue weighted by atomic mass is 16.4. The fourth-order valence-corrected chi connectivity index (χ4v) is 5.69. The summed E-state index contributed by atoms with van der Waals surface area (Å²) in [7, 11) is 0. The number of hydrogen-bond acceptors (Lipinski definition) is 5. The normalized spacial score (nSPS) is 11.5. The van der Waals surface area contributed by atoms with Crippen LogP contribution in [-0.4, -0.2) is 76.9 Å². The van der Waals surface area contributed by atoms with E-state index in [0.717, 1.165) is 62.6 Å². The molecule has 0 atom stereocenters. The van der Waals surface area contributed by atoms with Crippen molar-refractivity contribution in [3.63, 3.8) is 0 Å². The summed E-state index contributed by atoms with van der Waals surface area (Å²) in [5, 5.41) is 46.8. The number of para-hydroxylation sites is 1. The van der Waals surface area contributed by atoms with Gasteiger partial charge in [0, 0.05) is 19.8 Å². The standard InChI is InChI=1S/C30H62NO3.C7H6O3/c1-2-3-4-5-6-7-8-9-10-11-12-13-14-15-16-17-24-31(25-18-21-28-32,26-19-22-29-33)27-20-23-30-34;8-6-4-2-1-3-5(6)7(9)10/h9-10,32-34H,2-8,11-30H2,1H3;1-4,8H,(H,9,10)/q+1;/p-1/b10-9-;. The van der Waals surface area contributed by atoms with Gasteiger partial charge < -0.3 is 30.0 Å². The van der Waals surface area contributed by atoms with Gasteiger partial charge in [0.1, 0.15) is 0 Å². The molecule has 0 aliphatic rings. The summed E-state index contributed by atoms with van der Waals surface area (Å²) in [5.41, 5.74) is -0.178. The Morgan fingerprint density at radius 2 is 1.00 bits per heavy atom. The number of benzene rings is 1. The Balaban J connectivity index is 0.00000155. The topological polar surface area (TPSA) is 121 Å². The molecule has 0 saturated heterocycles. The molecular formula is C37H67NO6. The first-order valence-electron chi connectivity index (χ1n) is 17.8. The molecule has 0 aromatic heterocycles. The second kappa shape index (κ2) is 31.1. The van der Waals surface area contributed by atoms with Crippen molar-refractivity contribution in [2.24, 2.45) is 0 Å². The minimum absolute atomic E-state index is 0.178. The van der Waals surface area contributed by atoms with E-state index in [1.54, 1.807) is 0 Å². The lowest BCUT2D eigenvalue weighted by molar-refractivity contribution is -0.929. The van der Waals surface area contributed by atoms with Crippen molar-refractivity contribution < 1.29 is 34.8 Å². The van der Waals surface area contributed by atoms with Crippen LogP contribution in [0.15, 0.2) is 36.4 Å². The van der Waals surface area contributed by atoms with Crippen molar-refractivity contribution in [1.29, 1.82) is 0 Å². The second-order valence-corrected chi connectivity index (χ2v) is 12.3. The molecule has 0 radical (unpaired) electrons. The van der Waals surface area contributed by atoms with Gasteiger partial charge in [0.2, 0.25) is 0 Å². The number of aliphatic hydroxyl groups is 3. The van der Waals surface area contributed by atoms with Crippen LogP contribution in [0.4, 0.5) is 0 Å². The van der Waals surface area contributed by atoms with Gasteiger partial charge in [0.25, 0.3) is 0 Å². The third-order valence-corrected chi connectivity index (χ3v) is 8.38. The lowest BCUT2D eigenvalue weighted by Crippen LogP contribution is -2.51. The maximum atomic E-state index is 10.7. The van der Waals surface area contributed by atoms with Crippen molar-refractivity contribution in [1.82, 2.24) is 0 Å². The van der Waals surface area contributed by atoms with E-state index in [1.807, 2.05) is 0 Å². The maximum absolute atomic E-state index is 10.7. The van der Waals surface area contributed by atoms with E-state index in [-0.39, 0.29) is 25.4 Å². The van der Waals surface area contributed by atoms with Gasteiger partial charge in [-0.25, -0.2) is 4.79 Å². The predicted octanol–water partition coefficient (Wildman–Crippen LogP) is 7.62. The second-order valence-electron chi connectivity index (χ2n) is 12.3. The van der Waals surface area contributed by atoms with E-state index in [2.05, 4.69) is 19.1 Å². The Morgan fingerprint density at radius 3 is 1.39 bits per heavy atom. The van der Waals surface area contributed by atoms with E-state index in [1.165, 1.54) is 121 Å².